The number of hydrogen-bond donors (Lipinski definition) is 2. The zero-order valence-corrected chi connectivity index (χ0v) is 15.1. The lowest BCUT2D eigenvalue weighted by Gasteiger charge is -2.18. The highest BCUT2D eigenvalue weighted by atomic mass is 35.5. The highest BCUT2D eigenvalue weighted by Gasteiger charge is 2.22. The Morgan fingerprint density at radius 3 is 2.50 bits per heavy atom. The predicted molar refractivity (Wildman–Crippen MR) is 101 cm³/mol. The zero-order valence-electron chi connectivity index (χ0n) is 13.6. The van der Waals surface area contributed by atoms with Crippen molar-refractivity contribution in [1.82, 2.24) is 10.3 Å². The molecule has 0 saturated carbocycles. The SMILES string of the molecule is O=C(O)CC(NC(=O)c1nc(-c2ccccc2)cs1)c1ccccc1Cl. The first-order valence-corrected chi connectivity index (χ1v) is 9.08. The molecule has 2 N–H and O–H groups in total. The van der Waals surface area contributed by atoms with Gasteiger partial charge < -0.3 is 10.4 Å². The molecule has 3 rings (SSSR count). The van der Waals surface area contributed by atoms with Crippen LogP contribution in [-0.4, -0.2) is 22.0 Å². The first-order chi connectivity index (χ1) is 12.5. The van der Waals surface area contributed by atoms with Gasteiger partial charge in [-0.3, -0.25) is 9.59 Å². The summed E-state index contributed by atoms with van der Waals surface area (Å²) in [5.74, 6) is -1.46. The Labute approximate surface area is 159 Å². The van der Waals surface area contributed by atoms with E-state index < -0.39 is 17.9 Å². The van der Waals surface area contributed by atoms with Crippen LogP contribution in [0.4, 0.5) is 0 Å². The Kier molecular flexibility index (Phi) is 5.65. The lowest BCUT2D eigenvalue weighted by Crippen LogP contribution is -2.30. The standard InChI is InChI=1S/C19H15ClN2O3S/c20-14-9-5-4-8-13(14)15(10-17(23)24)21-18(25)19-22-16(11-26-19)12-6-2-1-3-7-12/h1-9,11,15H,10H2,(H,21,25)(H,23,24). The maximum Gasteiger partial charge on any atom is 0.305 e. The van der Waals surface area contributed by atoms with Gasteiger partial charge in [0.1, 0.15) is 0 Å². The number of carbonyl (C=O) groups is 2. The van der Waals surface area contributed by atoms with Crippen LogP contribution in [0.1, 0.15) is 27.8 Å². The van der Waals surface area contributed by atoms with Crippen LogP contribution in [0.25, 0.3) is 11.3 Å². The summed E-state index contributed by atoms with van der Waals surface area (Å²) in [6.45, 7) is 0. The van der Waals surface area contributed by atoms with E-state index in [0.717, 1.165) is 5.56 Å². The minimum atomic E-state index is -1.03. The molecule has 0 aliphatic rings. The monoisotopic (exact) mass is 386 g/mol. The normalized spacial score (nSPS) is 11.7. The number of carboxylic acids is 1. The van der Waals surface area contributed by atoms with E-state index in [1.807, 2.05) is 30.3 Å². The third-order valence-corrected chi connectivity index (χ3v) is 4.92. The molecule has 0 fully saturated rings. The average molecular weight is 387 g/mol. The molecule has 0 aliphatic heterocycles. The summed E-state index contributed by atoms with van der Waals surface area (Å²) < 4.78 is 0. The van der Waals surface area contributed by atoms with Crippen LogP contribution in [0.2, 0.25) is 5.02 Å². The lowest BCUT2D eigenvalue weighted by molar-refractivity contribution is -0.137. The van der Waals surface area contributed by atoms with Gasteiger partial charge in [0.15, 0.2) is 5.01 Å². The van der Waals surface area contributed by atoms with Crippen LogP contribution < -0.4 is 5.32 Å². The van der Waals surface area contributed by atoms with Gasteiger partial charge in [0.25, 0.3) is 5.91 Å². The van der Waals surface area contributed by atoms with E-state index in [1.54, 1.807) is 29.6 Å². The first-order valence-electron chi connectivity index (χ1n) is 7.82. The molecule has 1 aromatic heterocycles. The molecule has 0 spiro atoms. The van der Waals surface area contributed by atoms with Crippen molar-refractivity contribution in [3.05, 3.63) is 75.6 Å². The fourth-order valence-corrected chi connectivity index (χ4v) is 3.51. The second-order valence-corrected chi connectivity index (χ2v) is 6.81. The summed E-state index contributed by atoms with van der Waals surface area (Å²) in [5.41, 5.74) is 2.18. The van der Waals surface area contributed by atoms with Gasteiger partial charge >= 0.3 is 5.97 Å². The number of nitrogens with one attached hydrogen (secondary N) is 1. The van der Waals surface area contributed by atoms with Gasteiger partial charge in [-0.1, -0.05) is 60.1 Å². The Bertz CT molecular complexity index is 927. The molecule has 0 radical (unpaired) electrons. The second kappa shape index (κ2) is 8.12. The molecular formula is C19H15ClN2O3S. The van der Waals surface area contributed by atoms with Crippen molar-refractivity contribution in [1.29, 1.82) is 0 Å². The molecule has 1 atom stereocenters. The maximum absolute atomic E-state index is 12.6. The van der Waals surface area contributed by atoms with Crippen molar-refractivity contribution in [2.75, 3.05) is 0 Å². The van der Waals surface area contributed by atoms with Crippen LogP contribution in [0.3, 0.4) is 0 Å². The van der Waals surface area contributed by atoms with E-state index in [4.69, 9.17) is 16.7 Å². The Morgan fingerprint density at radius 2 is 1.81 bits per heavy atom. The van der Waals surface area contributed by atoms with Crippen LogP contribution in [0.5, 0.6) is 0 Å². The van der Waals surface area contributed by atoms with Crippen molar-refractivity contribution in [3.8, 4) is 11.3 Å². The molecule has 1 unspecified atom stereocenters. The molecule has 0 saturated heterocycles. The highest BCUT2D eigenvalue weighted by molar-refractivity contribution is 7.12. The van der Waals surface area contributed by atoms with E-state index >= 15 is 0 Å². The van der Waals surface area contributed by atoms with E-state index in [-0.39, 0.29) is 11.4 Å². The van der Waals surface area contributed by atoms with Crippen LogP contribution in [0.15, 0.2) is 60.0 Å². The molecule has 26 heavy (non-hydrogen) atoms. The number of halogens is 1. The van der Waals surface area contributed by atoms with Gasteiger partial charge in [-0.25, -0.2) is 4.98 Å². The number of aliphatic carboxylic acids is 1. The average Bonchev–Trinajstić information content (AvgIpc) is 3.12. The predicted octanol–water partition coefficient (Wildman–Crippen LogP) is 4.41. The van der Waals surface area contributed by atoms with E-state index in [2.05, 4.69) is 10.3 Å². The molecule has 1 heterocycles. The van der Waals surface area contributed by atoms with E-state index in [1.165, 1.54) is 11.3 Å². The largest absolute Gasteiger partial charge is 0.481 e. The molecular weight excluding hydrogens is 372 g/mol. The molecule has 3 aromatic rings. The molecule has 0 aliphatic carbocycles. The van der Waals surface area contributed by atoms with Gasteiger partial charge in [0.05, 0.1) is 18.2 Å². The minimum Gasteiger partial charge on any atom is -0.481 e. The summed E-state index contributed by atoms with van der Waals surface area (Å²) in [7, 11) is 0. The van der Waals surface area contributed by atoms with Crippen molar-refractivity contribution in [2.24, 2.45) is 0 Å². The second-order valence-electron chi connectivity index (χ2n) is 5.55. The molecule has 1 amide bonds. The number of benzene rings is 2. The van der Waals surface area contributed by atoms with Gasteiger partial charge in [0, 0.05) is 16.0 Å². The number of rotatable bonds is 6. The summed E-state index contributed by atoms with van der Waals surface area (Å²) >= 11 is 7.37. The van der Waals surface area contributed by atoms with E-state index in [9.17, 15) is 9.59 Å². The number of hydrogen-bond acceptors (Lipinski definition) is 4. The van der Waals surface area contributed by atoms with Crippen molar-refractivity contribution < 1.29 is 14.7 Å². The maximum atomic E-state index is 12.6. The smallest absolute Gasteiger partial charge is 0.305 e. The fourth-order valence-electron chi connectivity index (χ4n) is 2.51. The van der Waals surface area contributed by atoms with Gasteiger partial charge in [-0.15, -0.1) is 11.3 Å². The minimum absolute atomic E-state index is 0.270. The lowest BCUT2D eigenvalue weighted by atomic mass is 10.0. The van der Waals surface area contributed by atoms with Gasteiger partial charge in [-0.2, -0.15) is 0 Å². The summed E-state index contributed by atoms with van der Waals surface area (Å²) in [4.78, 5) is 28.1. The van der Waals surface area contributed by atoms with Gasteiger partial charge in [0.2, 0.25) is 0 Å². The quantitative estimate of drug-likeness (QED) is 0.657. The van der Waals surface area contributed by atoms with Crippen molar-refractivity contribution >= 4 is 34.8 Å². The number of nitrogens with zero attached hydrogens (tertiary/aromatic N) is 1. The number of aromatic nitrogens is 1. The third-order valence-electron chi connectivity index (χ3n) is 3.73. The van der Waals surface area contributed by atoms with Crippen LogP contribution >= 0.6 is 22.9 Å². The topological polar surface area (TPSA) is 79.3 Å². The number of thiazole rings is 1. The number of carbonyl (C=O) groups excluding carboxylic acids is 1. The summed E-state index contributed by atoms with van der Waals surface area (Å²) in [6, 6.07) is 15.6. The molecule has 7 heteroatoms. The molecule has 0 bridgehead atoms. The van der Waals surface area contributed by atoms with Crippen LogP contribution in [-0.2, 0) is 4.79 Å². The fraction of sp³-hybridized carbons (Fsp3) is 0.105. The summed E-state index contributed by atoms with van der Waals surface area (Å²) in [5, 5.41) is 14.4. The van der Waals surface area contributed by atoms with E-state index in [0.29, 0.717) is 16.3 Å². The van der Waals surface area contributed by atoms with Crippen molar-refractivity contribution in [3.63, 3.8) is 0 Å². The molecule has 2 aromatic carbocycles. The number of carboxylic acid groups (broad SMARTS) is 1. The first kappa shape index (κ1) is 18.1. The molecule has 5 nitrogen and oxygen atoms in total. The highest BCUT2D eigenvalue weighted by Crippen LogP contribution is 2.26. The Morgan fingerprint density at radius 1 is 1.12 bits per heavy atom. The van der Waals surface area contributed by atoms with Gasteiger partial charge in [-0.05, 0) is 11.6 Å². The third kappa shape index (κ3) is 4.28. The van der Waals surface area contributed by atoms with Crippen LogP contribution in [0, 0.1) is 0 Å². The summed E-state index contributed by atoms with van der Waals surface area (Å²) in [6.07, 6.45) is -0.271. The number of amides is 1. The zero-order chi connectivity index (χ0) is 18.5. The Hall–Kier alpha value is -2.70. The van der Waals surface area contributed by atoms with Crippen molar-refractivity contribution in [2.45, 2.75) is 12.5 Å². The Balaban J connectivity index is 1.81. The molecule has 132 valence electrons.